The fraction of sp³-hybridized carbons (Fsp3) is 0.316. The summed E-state index contributed by atoms with van der Waals surface area (Å²) >= 11 is 6.42. The lowest BCUT2D eigenvalue weighted by molar-refractivity contribution is -0.119. The molecule has 1 fully saturated rings. The van der Waals surface area contributed by atoms with Crippen LogP contribution in [0.2, 0.25) is 5.02 Å². The third-order valence-corrected chi connectivity index (χ3v) is 5.03. The molecule has 122 valence electrons. The van der Waals surface area contributed by atoms with Crippen LogP contribution < -0.4 is 4.90 Å². The zero-order valence-electron chi connectivity index (χ0n) is 13.4. The Balaban J connectivity index is 1.90. The van der Waals surface area contributed by atoms with Crippen LogP contribution in [0.15, 0.2) is 47.7 Å². The summed E-state index contributed by atoms with van der Waals surface area (Å²) in [6.45, 7) is 0. The molecule has 0 radical (unpaired) electrons. The van der Waals surface area contributed by atoms with Gasteiger partial charge in [0.2, 0.25) is 0 Å². The van der Waals surface area contributed by atoms with Crippen molar-refractivity contribution in [2.45, 2.75) is 25.3 Å². The molecule has 4 nitrogen and oxygen atoms in total. The molecule has 1 aromatic heterocycles. The van der Waals surface area contributed by atoms with Crippen LogP contribution in [-0.2, 0) is 4.79 Å². The van der Waals surface area contributed by atoms with Gasteiger partial charge in [0, 0.05) is 29.4 Å². The minimum absolute atomic E-state index is 0.0261. The van der Waals surface area contributed by atoms with Gasteiger partial charge in [-0.05, 0) is 24.5 Å². The number of anilines is 1. The van der Waals surface area contributed by atoms with Crippen LogP contribution in [0.4, 0.5) is 5.69 Å². The molecular weight excluding hydrogens is 322 g/mol. The zero-order chi connectivity index (χ0) is 16.7. The molecule has 0 bridgehead atoms. The second-order valence-electron chi connectivity index (χ2n) is 6.44. The first kappa shape index (κ1) is 15.3. The molecule has 5 heteroatoms. The highest BCUT2D eigenvalue weighted by Gasteiger charge is 2.34. The summed E-state index contributed by atoms with van der Waals surface area (Å²) in [5.74, 6) is 0.640. The molecule has 0 saturated heterocycles. The van der Waals surface area contributed by atoms with Crippen molar-refractivity contribution in [3.05, 3.63) is 58.9 Å². The molecule has 1 saturated carbocycles. The number of fused-ring (bicyclic) bond motifs is 1. The van der Waals surface area contributed by atoms with Crippen LogP contribution in [0, 0.1) is 5.92 Å². The van der Waals surface area contributed by atoms with Gasteiger partial charge >= 0.3 is 0 Å². The zero-order valence-corrected chi connectivity index (χ0v) is 14.2. The van der Waals surface area contributed by atoms with E-state index in [9.17, 15) is 4.79 Å². The van der Waals surface area contributed by atoms with E-state index in [0.29, 0.717) is 10.9 Å². The van der Waals surface area contributed by atoms with E-state index in [1.165, 1.54) is 12.8 Å². The lowest BCUT2D eigenvalue weighted by Crippen LogP contribution is -2.35. The summed E-state index contributed by atoms with van der Waals surface area (Å²) in [6.07, 6.45) is 6.64. The number of hydrogen-bond donors (Lipinski definition) is 0. The predicted molar refractivity (Wildman–Crippen MR) is 95.9 cm³/mol. The molecule has 1 aliphatic carbocycles. The summed E-state index contributed by atoms with van der Waals surface area (Å²) in [5, 5.41) is 0.640. The van der Waals surface area contributed by atoms with E-state index in [-0.39, 0.29) is 11.9 Å². The number of hydrogen-bond acceptors (Lipinski definition) is 3. The number of carbonyl (C=O) groups excluding carboxylic acids is 1. The quantitative estimate of drug-likeness (QED) is 0.855. The molecule has 2 aromatic rings. The van der Waals surface area contributed by atoms with Gasteiger partial charge < -0.3 is 4.90 Å². The maximum absolute atomic E-state index is 12.9. The van der Waals surface area contributed by atoms with Crippen LogP contribution in [-0.4, -0.2) is 29.7 Å². The predicted octanol–water partition coefficient (Wildman–Crippen LogP) is 3.72. The first-order valence-electron chi connectivity index (χ1n) is 8.20. The van der Waals surface area contributed by atoms with Gasteiger partial charge in [-0.1, -0.05) is 42.6 Å². The lowest BCUT2D eigenvalue weighted by atomic mass is 10.0. The van der Waals surface area contributed by atoms with E-state index in [1.54, 1.807) is 24.3 Å². The van der Waals surface area contributed by atoms with E-state index in [0.717, 1.165) is 28.9 Å². The highest BCUT2D eigenvalue weighted by Crippen LogP contribution is 2.37. The Morgan fingerprint density at radius 2 is 2.00 bits per heavy atom. The van der Waals surface area contributed by atoms with Crippen molar-refractivity contribution in [3.63, 3.8) is 0 Å². The maximum Gasteiger partial charge on any atom is 0.251 e. The van der Waals surface area contributed by atoms with Crippen LogP contribution in [0.25, 0.3) is 0 Å². The Bertz CT molecular complexity index is 829. The third-order valence-electron chi connectivity index (χ3n) is 4.70. The molecular formula is C19H18ClN3O. The van der Waals surface area contributed by atoms with Crippen molar-refractivity contribution in [3.8, 4) is 0 Å². The molecule has 1 atom stereocenters. The monoisotopic (exact) mass is 339 g/mol. The SMILES string of the molecule is CN1C(=O)C(CC2CC2)N=C(c2ccccc2Cl)c2ccncc21. The van der Waals surface area contributed by atoms with E-state index in [1.807, 2.05) is 30.3 Å². The fourth-order valence-corrected chi connectivity index (χ4v) is 3.39. The number of halogens is 1. The second kappa shape index (κ2) is 6.02. The topological polar surface area (TPSA) is 45.6 Å². The standard InChI is InChI=1S/C19H18ClN3O/c1-23-17-11-21-9-8-14(17)18(13-4-2-3-5-15(13)20)22-16(19(23)24)10-12-6-7-12/h2-5,8-9,11-12,16H,6-7,10H2,1H3. The molecule has 1 unspecified atom stereocenters. The van der Waals surface area contributed by atoms with Gasteiger partial charge in [-0.3, -0.25) is 14.8 Å². The third kappa shape index (κ3) is 2.71. The van der Waals surface area contributed by atoms with E-state index < -0.39 is 0 Å². The van der Waals surface area contributed by atoms with Gasteiger partial charge in [0.1, 0.15) is 6.04 Å². The summed E-state index contributed by atoms with van der Waals surface area (Å²) in [7, 11) is 1.80. The number of aromatic nitrogens is 1. The van der Waals surface area contributed by atoms with Crippen molar-refractivity contribution in [1.82, 2.24) is 4.98 Å². The van der Waals surface area contributed by atoms with Gasteiger partial charge in [0.05, 0.1) is 17.6 Å². The second-order valence-corrected chi connectivity index (χ2v) is 6.85. The van der Waals surface area contributed by atoms with Gasteiger partial charge in [0.15, 0.2) is 0 Å². The average Bonchev–Trinajstić information content (AvgIpc) is 3.42. The van der Waals surface area contributed by atoms with Gasteiger partial charge in [-0.25, -0.2) is 0 Å². The van der Waals surface area contributed by atoms with E-state index in [2.05, 4.69) is 4.98 Å². The summed E-state index contributed by atoms with van der Waals surface area (Å²) in [6, 6.07) is 9.19. The first-order chi connectivity index (χ1) is 11.6. The van der Waals surface area contributed by atoms with Crippen molar-refractivity contribution < 1.29 is 4.79 Å². The number of amides is 1. The van der Waals surface area contributed by atoms with Crippen LogP contribution in [0.3, 0.4) is 0 Å². The first-order valence-corrected chi connectivity index (χ1v) is 8.57. The fourth-order valence-electron chi connectivity index (χ4n) is 3.17. The summed E-state index contributed by atoms with van der Waals surface area (Å²) in [5.41, 5.74) is 3.31. The molecule has 2 heterocycles. The average molecular weight is 340 g/mol. The van der Waals surface area contributed by atoms with E-state index in [4.69, 9.17) is 16.6 Å². The molecule has 1 amide bonds. The molecule has 2 aliphatic rings. The number of aliphatic imine (C=N–C) groups is 1. The minimum Gasteiger partial charge on any atom is -0.312 e. The van der Waals surface area contributed by atoms with Crippen molar-refractivity contribution in [2.75, 3.05) is 11.9 Å². The Hall–Kier alpha value is -2.20. The number of benzene rings is 1. The normalized spacial score (nSPS) is 20.4. The lowest BCUT2D eigenvalue weighted by Gasteiger charge is -2.19. The highest BCUT2D eigenvalue weighted by molar-refractivity contribution is 6.36. The molecule has 24 heavy (non-hydrogen) atoms. The maximum atomic E-state index is 12.9. The molecule has 1 aliphatic heterocycles. The Labute approximate surface area is 146 Å². The van der Waals surface area contributed by atoms with Crippen molar-refractivity contribution in [1.29, 1.82) is 0 Å². The molecule has 0 spiro atoms. The summed E-state index contributed by atoms with van der Waals surface area (Å²) < 4.78 is 0. The Morgan fingerprint density at radius 3 is 2.75 bits per heavy atom. The van der Waals surface area contributed by atoms with Gasteiger partial charge in [0.25, 0.3) is 5.91 Å². The number of likely N-dealkylation sites (N-methyl/N-ethyl adjacent to an activating group) is 1. The number of nitrogens with zero attached hydrogens (tertiary/aromatic N) is 3. The van der Waals surface area contributed by atoms with Gasteiger partial charge in [-0.15, -0.1) is 0 Å². The highest BCUT2D eigenvalue weighted by atomic mass is 35.5. The van der Waals surface area contributed by atoms with Crippen molar-refractivity contribution >= 4 is 28.9 Å². The van der Waals surface area contributed by atoms with E-state index >= 15 is 0 Å². The van der Waals surface area contributed by atoms with Crippen molar-refractivity contribution in [2.24, 2.45) is 10.9 Å². The Kier molecular flexibility index (Phi) is 3.85. The largest absolute Gasteiger partial charge is 0.312 e. The molecule has 1 aromatic carbocycles. The molecule has 4 rings (SSSR count). The van der Waals surface area contributed by atoms with Crippen LogP contribution in [0.1, 0.15) is 30.4 Å². The van der Waals surface area contributed by atoms with Crippen LogP contribution >= 0.6 is 11.6 Å². The number of carbonyl (C=O) groups is 1. The van der Waals surface area contributed by atoms with Gasteiger partial charge in [-0.2, -0.15) is 0 Å². The number of rotatable bonds is 3. The van der Waals surface area contributed by atoms with Crippen LogP contribution in [0.5, 0.6) is 0 Å². The Morgan fingerprint density at radius 1 is 1.21 bits per heavy atom. The number of pyridine rings is 1. The smallest absolute Gasteiger partial charge is 0.251 e. The summed E-state index contributed by atoms with van der Waals surface area (Å²) in [4.78, 5) is 23.6. The molecule has 0 N–H and O–H groups in total. The minimum atomic E-state index is -0.360.